The first-order valence-corrected chi connectivity index (χ1v) is 9.60. The van der Waals surface area contributed by atoms with Crippen LogP contribution in [0.1, 0.15) is 5.56 Å². The number of rotatable bonds is 4. The lowest BCUT2D eigenvalue weighted by atomic mass is 10.1. The fourth-order valence-corrected chi connectivity index (χ4v) is 3.46. The number of aromatic amines is 1. The van der Waals surface area contributed by atoms with Gasteiger partial charge in [-0.3, -0.25) is 4.90 Å². The quantitative estimate of drug-likeness (QED) is 0.567. The maximum absolute atomic E-state index is 9.10. The van der Waals surface area contributed by atoms with Crippen molar-refractivity contribution in [3.05, 3.63) is 60.3 Å². The number of hydrogen-bond donors (Lipinski definition) is 3. The van der Waals surface area contributed by atoms with Gasteiger partial charge in [0.05, 0.1) is 7.11 Å². The number of ether oxygens (including phenoxy) is 1. The molecular formula is C22H25N3O5. The van der Waals surface area contributed by atoms with E-state index in [0.29, 0.717) is 0 Å². The molecule has 0 amide bonds. The summed E-state index contributed by atoms with van der Waals surface area (Å²) in [6, 6.07) is 16.9. The predicted octanol–water partition coefficient (Wildman–Crippen LogP) is 2.65. The Balaban J connectivity index is 0.000000377. The molecule has 0 spiro atoms. The first-order chi connectivity index (χ1) is 14.5. The minimum absolute atomic E-state index is 0.914. The molecule has 8 heteroatoms. The van der Waals surface area contributed by atoms with Crippen molar-refractivity contribution in [3.63, 3.8) is 0 Å². The first-order valence-electron chi connectivity index (χ1n) is 9.60. The van der Waals surface area contributed by atoms with E-state index in [9.17, 15) is 0 Å². The average molecular weight is 411 g/mol. The number of carboxylic acid groups (broad SMARTS) is 2. The van der Waals surface area contributed by atoms with Gasteiger partial charge in [-0.15, -0.1) is 0 Å². The number of nitrogens with zero attached hydrogens (tertiary/aromatic N) is 2. The van der Waals surface area contributed by atoms with Crippen molar-refractivity contribution in [2.75, 3.05) is 38.2 Å². The fraction of sp³-hybridized carbons (Fsp3) is 0.273. The van der Waals surface area contributed by atoms with E-state index < -0.39 is 11.9 Å². The van der Waals surface area contributed by atoms with Crippen molar-refractivity contribution in [2.24, 2.45) is 0 Å². The third-order valence-corrected chi connectivity index (χ3v) is 5.06. The molecule has 1 aromatic heterocycles. The van der Waals surface area contributed by atoms with E-state index in [4.69, 9.17) is 24.5 Å². The monoisotopic (exact) mass is 411 g/mol. The van der Waals surface area contributed by atoms with Crippen LogP contribution in [0.3, 0.4) is 0 Å². The highest BCUT2D eigenvalue weighted by atomic mass is 16.5. The van der Waals surface area contributed by atoms with Gasteiger partial charge in [0.15, 0.2) is 0 Å². The Morgan fingerprint density at radius 2 is 1.60 bits per heavy atom. The normalized spacial score (nSPS) is 14.1. The van der Waals surface area contributed by atoms with Gasteiger partial charge >= 0.3 is 11.9 Å². The molecule has 0 atom stereocenters. The van der Waals surface area contributed by atoms with Crippen molar-refractivity contribution in [1.29, 1.82) is 0 Å². The van der Waals surface area contributed by atoms with Crippen LogP contribution in [0, 0.1) is 0 Å². The van der Waals surface area contributed by atoms with E-state index >= 15 is 0 Å². The molecular weight excluding hydrogens is 386 g/mol. The van der Waals surface area contributed by atoms with Crippen molar-refractivity contribution in [1.82, 2.24) is 9.88 Å². The number of aliphatic carboxylic acids is 2. The van der Waals surface area contributed by atoms with E-state index in [1.165, 1.54) is 22.2 Å². The van der Waals surface area contributed by atoms with Gasteiger partial charge in [0.25, 0.3) is 0 Å². The zero-order chi connectivity index (χ0) is 21.5. The molecule has 158 valence electrons. The van der Waals surface area contributed by atoms with E-state index in [1.807, 2.05) is 12.1 Å². The second-order valence-corrected chi connectivity index (χ2v) is 6.93. The van der Waals surface area contributed by atoms with Gasteiger partial charge in [-0.2, -0.15) is 0 Å². The summed E-state index contributed by atoms with van der Waals surface area (Å²) < 4.78 is 5.24. The van der Waals surface area contributed by atoms with Crippen LogP contribution in [-0.4, -0.2) is 65.3 Å². The predicted molar refractivity (Wildman–Crippen MR) is 114 cm³/mol. The van der Waals surface area contributed by atoms with Crippen LogP contribution >= 0.6 is 0 Å². The Morgan fingerprint density at radius 1 is 0.967 bits per heavy atom. The maximum atomic E-state index is 9.10. The van der Waals surface area contributed by atoms with Crippen LogP contribution in [0.5, 0.6) is 5.75 Å². The summed E-state index contributed by atoms with van der Waals surface area (Å²) >= 11 is 0. The number of hydrogen-bond acceptors (Lipinski definition) is 5. The number of piperazine rings is 1. The Kier molecular flexibility index (Phi) is 6.92. The smallest absolute Gasteiger partial charge is 0.414 e. The van der Waals surface area contributed by atoms with Crippen LogP contribution in [0.25, 0.3) is 10.9 Å². The van der Waals surface area contributed by atoms with E-state index in [0.717, 1.165) is 38.5 Å². The maximum Gasteiger partial charge on any atom is 0.414 e. The summed E-state index contributed by atoms with van der Waals surface area (Å²) in [7, 11) is 1.71. The molecule has 1 aliphatic heterocycles. The van der Waals surface area contributed by atoms with E-state index in [1.54, 1.807) is 7.11 Å². The van der Waals surface area contributed by atoms with Crippen LogP contribution in [-0.2, 0) is 16.1 Å². The summed E-state index contributed by atoms with van der Waals surface area (Å²) in [6.45, 7) is 5.32. The highest BCUT2D eigenvalue weighted by molar-refractivity contribution is 6.27. The number of carbonyl (C=O) groups is 2. The highest BCUT2D eigenvalue weighted by Gasteiger charge is 2.18. The number of methoxy groups -OCH3 is 1. The molecule has 2 aromatic carbocycles. The van der Waals surface area contributed by atoms with E-state index in [-0.39, 0.29) is 0 Å². The molecule has 1 saturated heterocycles. The molecule has 2 heterocycles. The third-order valence-electron chi connectivity index (χ3n) is 5.06. The molecule has 8 nitrogen and oxygen atoms in total. The summed E-state index contributed by atoms with van der Waals surface area (Å²) in [5.74, 6) is -2.73. The minimum atomic E-state index is -1.82. The average Bonchev–Trinajstić information content (AvgIpc) is 3.18. The number of anilines is 1. The zero-order valence-electron chi connectivity index (χ0n) is 16.7. The Hall–Kier alpha value is -3.52. The lowest BCUT2D eigenvalue weighted by Crippen LogP contribution is -2.45. The first kappa shape index (κ1) is 21.2. The minimum Gasteiger partial charge on any atom is -0.497 e. The molecule has 1 aliphatic rings. The number of carboxylic acids is 2. The molecule has 0 radical (unpaired) electrons. The molecule has 3 N–H and O–H groups in total. The van der Waals surface area contributed by atoms with Crippen molar-refractivity contribution < 1.29 is 24.5 Å². The van der Waals surface area contributed by atoms with Crippen LogP contribution in [0.4, 0.5) is 5.69 Å². The van der Waals surface area contributed by atoms with Crippen molar-refractivity contribution >= 4 is 28.5 Å². The topological polar surface area (TPSA) is 106 Å². The number of fused-ring (bicyclic) bond motifs is 1. The largest absolute Gasteiger partial charge is 0.497 e. The number of benzene rings is 2. The van der Waals surface area contributed by atoms with Gasteiger partial charge in [0.2, 0.25) is 0 Å². The molecule has 1 fully saturated rings. The van der Waals surface area contributed by atoms with Crippen molar-refractivity contribution in [3.8, 4) is 5.75 Å². The number of aromatic nitrogens is 1. The van der Waals surface area contributed by atoms with Gasteiger partial charge in [0, 0.05) is 55.5 Å². The molecule has 0 unspecified atom stereocenters. The summed E-state index contributed by atoms with van der Waals surface area (Å²) in [5.41, 5.74) is 3.90. The third kappa shape index (κ3) is 5.30. The summed E-state index contributed by atoms with van der Waals surface area (Å²) in [4.78, 5) is 26.6. The number of H-pyrrole nitrogens is 1. The van der Waals surface area contributed by atoms with Gasteiger partial charge in [-0.05, 0) is 35.9 Å². The van der Waals surface area contributed by atoms with E-state index in [2.05, 4.69) is 57.4 Å². The SMILES string of the molecule is COc1ccc(N2CCN(Cc3c[nH]c4ccccc34)CC2)cc1.O=C(O)C(=O)O. The fourth-order valence-electron chi connectivity index (χ4n) is 3.46. The van der Waals surface area contributed by atoms with Gasteiger partial charge in [0.1, 0.15) is 5.75 Å². The highest BCUT2D eigenvalue weighted by Crippen LogP contribution is 2.23. The van der Waals surface area contributed by atoms with Crippen molar-refractivity contribution in [2.45, 2.75) is 6.54 Å². The summed E-state index contributed by atoms with van der Waals surface area (Å²) in [5, 5.41) is 16.1. The van der Waals surface area contributed by atoms with Gasteiger partial charge in [-0.25, -0.2) is 9.59 Å². The Labute approximate surface area is 174 Å². The van der Waals surface area contributed by atoms with Gasteiger partial charge < -0.3 is 24.8 Å². The van der Waals surface area contributed by atoms with Gasteiger partial charge in [-0.1, -0.05) is 18.2 Å². The zero-order valence-corrected chi connectivity index (χ0v) is 16.7. The second kappa shape index (κ2) is 9.80. The molecule has 30 heavy (non-hydrogen) atoms. The lowest BCUT2D eigenvalue weighted by Gasteiger charge is -2.36. The van der Waals surface area contributed by atoms with Crippen LogP contribution in [0.2, 0.25) is 0 Å². The van der Waals surface area contributed by atoms with Crippen LogP contribution < -0.4 is 9.64 Å². The molecule has 0 aliphatic carbocycles. The van der Waals surface area contributed by atoms with Crippen LogP contribution in [0.15, 0.2) is 54.7 Å². The number of para-hydroxylation sites is 1. The Bertz CT molecular complexity index is 979. The lowest BCUT2D eigenvalue weighted by molar-refractivity contribution is -0.159. The Morgan fingerprint density at radius 3 is 2.20 bits per heavy atom. The second-order valence-electron chi connectivity index (χ2n) is 6.93. The molecule has 3 aromatic rings. The summed E-state index contributed by atoms with van der Waals surface area (Å²) in [6.07, 6.45) is 2.15. The standard InChI is InChI=1S/C20H23N3O.C2H2O4/c1-24-18-8-6-17(7-9-18)23-12-10-22(11-13-23)15-16-14-21-20-5-3-2-4-19(16)20;3-1(4)2(5)6/h2-9,14,21H,10-13,15H2,1H3;(H,3,4)(H,5,6). The molecule has 0 saturated carbocycles. The molecule has 4 rings (SSSR count). The molecule has 0 bridgehead atoms. The number of nitrogens with one attached hydrogen (secondary N) is 1.